The molecule has 3 aromatic carbocycles. The molecule has 0 radical (unpaired) electrons. The first kappa shape index (κ1) is 29.5. The van der Waals surface area contributed by atoms with Crippen LogP contribution in [-0.2, 0) is 23.3 Å². The van der Waals surface area contributed by atoms with Crippen LogP contribution in [0, 0.1) is 0 Å². The van der Waals surface area contributed by atoms with E-state index in [4.69, 9.17) is 14.2 Å². The first-order chi connectivity index (χ1) is 19.2. The van der Waals surface area contributed by atoms with Gasteiger partial charge >= 0.3 is 0 Å². The van der Waals surface area contributed by atoms with Gasteiger partial charge in [-0.05, 0) is 73.3 Å². The SMILES string of the molecule is COc1ccc(CCN(C)CCCOc2cccc(S(=O)(=O)c3c(C(C)C)c4ccccc4n3C)c2)cc1OC. The highest BCUT2D eigenvalue weighted by atomic mass is 32.2. The summed E-state index contributed by atoms with van der Waals surface area (Å²) < 4.78 is 46.3. The van der Waals surface area contributed by atoms with Crippen molar-refractivity contribution < 1.29 is 22.6 Å². The molecule has 0 saturated carbocycles. The fourth-order valence-electron chi connectivity index (χ4n) is 5.12. The largest absolute Gasteiger partial charge is 0.494 e. The lowest BCUT2D eigenvalue weighted by atomic mass is 10.0. The van der Waals surface area contributed by atoms with E-state index >= 15 is 0 Å². The van der Waals surface area contributed by atoms with Gasteiger partial charge < -0.3 is 23.7 Å². The van der Waals surface area contributed by atoms with Crippen LogP contribution in [0.5, 0.6) is 17.2 Å². The van der Waals surface area contributed by atoms with Crippen LogP contribution >= 0.6 is 0 Å². The molecular weight excluding hydrogens is 524 g/mol. The highest BCUT2D eigenvalue weighted by Gasteiger charge is 2.29. The molecule has 0 aliphatic heterocycles. The molecule has 8 heteroatoms. The number of hydrogen-bond donors (Lipinski definition) is 0. The number of likely N-dealkylation sites (N-methyl/N-ethyl adjacent to an activating group) is 1. The molecule has 4 aromatic rings. The quantitative estimate of drug-likeness (QED) is 0.183. The van der Waals surface area contributed by atoms with Gasteiger partial charge in [-0.1, -0.05) is 44.2 Å². The van der Waals surface area contributed by atoms with Gasteiger partial charge in [-0.25, -0.2) is 8.42 Å². The van der Waals surface area contributed by atoms with Crippen molar-refractivity contribution in [3.05, 3.63) is 77.9 Å². The van der Waals surface area contributed by atoms with Crippen LogP contribution in [0.2, 0.25) is 0 Å². The maximum atomic E-state index is 13.9. The van der Waals surface area contributed by atoms with E-state index in [1.807, 2.05) is 63.4 Å². The predicted molar refractivity (Wildman–Crippen MR) is 160 cm³/mol. The lowest BCUT2D eigenvalue weighted by molar-refractivity contribution is 0.263. The molecule has 0 N–H and O–H groups in total. The van der Waals surface area contributed by atoms with Gasteiger partial charge in [0.05, 0.1) is 25.7 Å². The molecular formula is C32H40N2O5S. The minimum atomic E-state index is -3.76. The van der Waals surface area contributed by atoms with Crippen LogP contribution < -0.4 is 14.2 Å². The summed E-state index contributed by atoms with van der Waals surface area (Å²) in [7, 11) is 3.43. The smallest absolute Gasteiger partial charge is 0.222 e. The van der Waals surface area contributed by atoms with Gasteiger partial charge in [0.25, 0.3) is 0 Å². The second-order valence-corrected chi connectivity index (χ2v) is 12.2. The molecule has 0 bridgehead atoms. The number of aromatic nitrogens is 1. The lowest BCUT2D eigenvalue weighted by Crippen LogP contribution is -2.23. The number of ether oxygens (including phenoxy) is 3. The van der Waals surface area contributed by atoms with Crippen molar-refractivity contribution in [2.75, 3.05) is 41.0 Å². The highest BCUT2D eigenvalue weighted by Crippen LogP contribution is 2.37. The Morgan fingerprint density at radius 2 is 1.65 bits per heavy atom. The molecule has 0 fully saturated rings. The third-order valence-electron chi connectivity index (χ3n) is 7.22. The average molecular weight is 565 g/mol. The van der Waals surface area contributed by atoms with Crippen molar-refractivity contribution in [2.24, 2.45) is 7.05 Å². The molecule has 1 aromatic heterocycles. The number of benzene rings is 3. The minimum Gasteiger partial charge on any atom is -0.494 e. The van der Waals surface area contributed by atoms with Gasteiger partial charge in [0.1, 0.15) is 10.8 Å². The van der Waals surface area contributed by atoms with E-state index in [0.717, 1.165) is 53.9 Å². The second-order valence-electron chi connectivity index (χ2n) is 10.4. The van der Waals surface area contributed by atoms with E-state index in [-0.39, 0.29) is 10.8 Å². The number of methoxy groups -OCH3 is 2. The highest BCUT2D eigenvalue weighted by molar-refractivity contribution is 7.91. The third-order valence-corrected chi connectivity index (χ3v) is 9.10. The number of fused-ring (bicyclic) bond motifs is 1. The summed E-state index contributed by atoms with van der Waals surface area (Å²) in [4.78, 5) is 2.50. The first-order valence-electron chi connectivity index (χ1n) is 13.6. The van der Waals surface area contributed by atoms with Crippen molar-refractivity contribution in [3.63, 3.8) is 0 Å². The molecule has 0 unspecified atom stereocenters. The van der Waals surface area contributed by atoms with Crippen molar-refractivity contribution >= 4 is 20.7 Å². The van der Waals surface area contributed by atoms with E-state index in [0.29, 0.717) is 17.4 Å². The van der Waals surface area contributed by atoms with Crippen molar-refractivity contribution in [3.8, 4) is 17.2 Å². The Bertz CT molecular complexity index is 1560. The minimum absolute atomic E-state index is 0.0547. The lowest BCUT2D eigenvalue weighted by Gasteiger charge is -2.17. The Labute approximate surface area is 238 Å². The summed E-state index contributed by atoms with van der Waals surface area (Å²) in [5.74, 6) is 2.07. The van der Waals surface area contributed by atoms with Crippen LogP contribution in [0.3, 0.4) is 0 Å². The van der Waals surface area contributed by atoms with E-state index < -0.39 is 9.84 Å². The number of para-hydroxylation sites is 1. The Morgan fingerprint density at radius 3 is 2.38 bits per heavy atom. The van der Waals surface area contributed by atoms with Crippen LogP contribution in [0.1, 0.15) is 37.3 Å². The summed E-state index contributed by atoms with van der Waals surface area (Å²) in [6, 6.07) is 20.7. The van der Waals surface area contributed by atoms with Crippen molar-refractivity contribution in [1.82, 2.24) is 9.47 Å². The number of nitrogens with zero attached hydrogens (tertiary/aromatic N) is 2. The van der Waals surface area contributed by atoms with Crippen LogP contribution in [0.25, 0.3) is 10.9 Å². The van der Waals surface area contributed by atoms with Gasteiger partial charge in [-0.3, -0.25) is 0 Å². The second kappa shape index (κ2) is 12.8. The zero-order valence-electron chi connectivity index (χ0n) is 24.3. The van der Waals surface area contributed by atoms with Crippen molar-refractivity contribution in [2.45, 2.75) is 42.5 Å². The van der Waals surface area contributed by atoms with Crippen LogP contribution in [0.15, 0.2) is 76.7 Å². The zero-order valence-corrected chi connectivity index (χ0v) is 25.1. The van der Waals surface area contributed by atoms with Crippen LogP contribution in [0.4, 0.5) is 0 Å². The van der Waals surface area contributed by atoms with Gasteiger partial charge in [-0.2, -0.15) is 0 Å². The fourth-order valence-corrected chi connectivity index (χ4v) is 6.96. The number of aryl methyl sites for hydroxylation is 1. The molecule has 214 valence electrons. The summed E-state index contributed by atoms with van der Waals surface area (Å²) in [6.45, 7) is 6.32. The monoisotopic (exact) mass is 564 g/mol. The van der Waals surface area contributed by atoms with Gasteiger partial charge in [0, 0.05) is 31.0 Å². The van der Waals surface area contributed by atoms with E-state index in [9.17, 15) is 8.42 Å². The van der Waals surface area contributed by atoms with E-state index in [2.05, 4.69) is 18.0 Å². The molecule has 0 spiro atoms. The van der Waals surface area contributed by atoms with Gasteiger partial charge in [0.2, 0.25) is 9.84 Å². The standard InChI is InChI=1S/C32H40N2O5S/c1-23(2)31-27-13-7-8-14-28(27)34(4)32(31)40(35,36)26-12-9-11-25(22-26)39-20-10-18-33(3)19-17-24-15-16-29(37-5)30(21-24)38-6/h7-9,11-16,21-23H,10,17-20H2,1-6H3. The Morgan fingerprint density at radius 1 is 0.900 bits per heavy atom. The summed E-state index contributed by atoms with van der Waals surface area (Å²) in [6.07, 6.45) is 1.71. The fraction of sp³-hybridized carbons (Fsp3) is 0.375. The average Bonchev–Trinajstić information content (AvgIpc) is 3.27. The van der Waals surface area contributed by atoms with Gasteiger partial charge in [-0.15, -0.1) is 0 Å². The molecule has 4 rings (SSSR count). The third kappa shape index (κ3) is 6.29. The van der Waals surface area contributed by atoms with Crippen molar-refractivity contribution in [1.29, 1.82) is 0 Å². The van der Waals surface area contributed by atoms with Gasteiger partial charge in [0.15, 0.2) is 11.5 Å². The summed E-state index contributed by atoms with van der Waals surface area (Å²) >= 11 is 0. The Kier molecular flexibility index (Phi) is 9.43. The molecule has 0 aliphatic carbocycles. The molecule has 7 nitrogen and oxygen atoms in total. The van der Waals surface area contributed by atoms with Crippen LogP contribution in [-0.4, -0.2) is 58.8 Å². The molecule has 40 heavy (non-hydrogen) atoms. The van der Waals surface area contributed by atoms with E-state index in [1.165, 1.54) is 5.56 Å². The maximum Gasteiger partial charge on any atom is 0.222 e. The zero-order chi connectivity index (χ0) is 28.9. The topological polar surface area (TPSA) is 70.0 Å². The molecule has 0 aliphatic rings. The Hall–Kier alpha value is -3.49. The number of hydrogen-bond acceptors (Lipinski definition) is 6. The predicted octanol–water partition coefficient (Wildman–Crippen LogP) is 6.10. The molecule has 0 atom stereocenters. The molecule has 1 heterocycles. The summed E-state index contributed by atoms with van der Waals surface area (Å²) in [5.41, 5.74) is 2.94. The maximum absolute atomic E-state index is 13.9. The normalized spacial score (nSPS) is 11.9. The molecule has 0 amide bonds. The van der Waals surface area contributed by atoms with E-state index in [1.54, 1.807) is 37.0 Å². The number of rotatable bonds is 13. The Balaban J connectivity index is 1.37. The number of sulfone groups is 1. The molecule has 0 saturated heterocycles. The summed E-state index contributed by atoms with van der Waals surface area (Å²) in [5, 5.41) is 1.32. The first-order valence-corrected chi connectivity index (χ1v) is 15.1.